The van der Waals surface area contributed by atoms with E-state index in [1.165, 1.54) is 0 Å². The van der Waals surface area contributed by atoms with E-state index in [1.807, 2.05) is 41.5 Å². The summed E-state index contributed by atoms with van der Waals surface area (Å²) >= 11 is 0. The largest absolute Gasteiger partial charge is 0.493 e. The van der Waals surface area contributed by atoms with E-state index in [-0.39, 0.29) is 5.41 Å². The smallest absolute Gasteiger partial charge is 0.314 e. The van der Waals surface area contributed by atoms with Gasteiger partial charge < -0.3 is 14.2 Å². The van der Waals surface area contributed by atoms with Crippen LogP contribution in [0.15, 0.2) is 42.7 Å². The molecule has 3 rings (SSSR count). The topological polar surface area (TPSA) is 70.5 Å². The predicted octanol–water partition coefficient (Wildman–Crippen LogP) is 6.65. The number of aromatic nitrogens is 2. The SMILES string of the molecule is COc1c(F)c(COc2ccccc2)c(F)c(F)c1COC(=O)C(c1cnc(C(C)(C)C)nc1)C(C)(C)C. The van der Waals surface area contributed by atoms with E-state index in [0.717, 1.165) is 7.11 Å². The number of rotatable bonds is 8. The predicted molar refractivity (Wildman–Crippen MR) is 136 cm³/mol. The summed E-state index contributed by atoms with van der Waals surface area (Å²) in [5.41, 5.74) is -1.58. The van der Waals surface area contributed by atoms with E-state index in [2.05, 4.69) is 9.97 Å². The minimum atomic E-state index is -1.44. The Kier molecular flexibility index (Phi) is 8.69. The molecule has 0 fully saturated rings. The minimum absolute atomic E-state index is 0.281. The van der Waals surface area contributed by atoms with E-state index in [0.29, 0.717) is 17.1 Å². The van der Waals surface area contributed by atoms with Gasteiger partial charge in [-0.05, 0) is 17.5 Å². The first-order chi connectivity index (χ1) is 17.8. The van der Waals surface area contributed by atoms with Crippen molar-refractivity contribution < 1.29 is 32.2 Å². The Morgan fingerprint density at radius 1 is 0.868 bits per heavy atom. The molecule has 9 heteroatoms. The molecule has 0 saturated carbocycles. The van der Waals surface area contributed by atoms with Crippen molar-refractivity contribution >= 4 is 5.97 Å². The third kappa shape index (κ3) is 6.44. The van der Waals surface area contributed by atoms with Gasteiger partial charge in [0.25, 0.3) is 0 Å². The van der Waals surface area contributed by atoms with Gasteiger partial charge in [-0.1, -0.05) is 59.7 Å². The van der Waals surface area contributed by atoms with Gasteiger partial charge in [0.2, 0.25) is 0 Å². The van der Waals surface area contributed by atoms with E-state index in [9.17, 15) is 9.18 Å². The first kappa shape index (κ1) is 28.9. The highest BCUT2D eigenvalue weighted by Crippen LogP contribution is 2.37. The quantitative estimate of drug-likeness (QED) is 0.240. The first-order valence-electron chi connectivity index (χ1n) is 12.1. The van der Waals surface area contributed by atoms with Gasteiger partial charge in [-0.15, -0.1) is 0 Å². The van der Waals surface area contributed by atoms with Crippen LogP contribution in [0.1, 0.15) is 70.0 Å². The average molecular weight is 531 g/mol. The average Bonchev–Trinajstić information content (AvgIpc) is 2.85. The molecule has 3 aromatic rings. The van der Waals surface area contributed by atoms with Gasteiger partial charge >= 0.3 is 5.97 Å². The molecule has 0 N–H and O–H groups in total. The fourth-order valence-electron chi connectivity index (χ4n) is 3.96. The zero-order chi connectivity index (χ0) is 28.3. The van der Waals surface area contributed by atoms with Crippen molar-refractivity contribution in [2.75, 3.05) is 7.11 Å². The molecule has 0 spiro atoms. The van der Waals surface area contributed by atoms with Gasteiger partial charge in [0, 0.05) is 23.4 Å². The van der Waals surface area contributed by atoms with Gasteiger partial charge in [0.1, 0.15) is 24.8 Å². The number of benzene rings is 2. The van der Waals surface area contributed by atoms with Gasteiger partial charge in [0.15, 0.2) is 23.2 Å². The van der Waals surface area contributed by atoms with E-state index < -0.39 is 64.8 Å². The van der Waals surface area contributed by atoms with Crippen LogP contribution in [0.4, 0.5) is 13.2 Å². The molecule has 0 radical (unpaired) electrons. The Morgan fingerprint density at radius 3 is 1.97 bits per heavy atom. The van der Waals surface area contributed by atoms with Crippen LogP contribution in [0.5, 0.6) is 11.5 Å². The van der Waals surface area contributed by atoms with Gasteiger partial charge in [-0.25, -0.2) is 23.1 Å². The molecule has 1 atom stereocenters. The second-order valence-corrected chi connectivity index (χ2v) is 11.0. The maximum atomic E-state index is 15.2. The minimum Gasteiger partial charge on any atom is -0.493 e. The number of carbonyl (C=O) groups excluding carboxylic acids is 1. The Hall–Kier alpha value is -3.62. The van der Waals surface area contributed by atoms with E-state index in [1.54, 1.807) is 42.7 Å². The Morgan fingerprint density at radius 2 is 1.45 bits per heavy atom. The van der Waals surface area contributed by atoms with Crippen LogP contribution in [-0.4, -0.2) is 23.0 Å². The molecular formula is C29H33F3N2O4. The zero-order valence-electron chi connectivity index (χ0n) is 22.7. The second kappa shape index (κ2) is 11.4. The molecule has 1 unspecified atom stereocenters. The summed E-state index contributed by atoms with van der Waals surface area (Å²) < 4.78 is 61.0. The van der Waals surface area contributed by atoms with Crippen LogP contribution >= 0.6 is 0 Å². The van der Waals surface area contributed by atoms with Crippen LogP contribution in [0.2, 0.25) is 0 Å². The number of hydrogen-bond donors (Lipinski definition) is 0. The fourth-order valence-corrected chi connectivity index (χ4v) is 3.96. The lowest BCUT2D eigenvalue weighted by atomic mass is 9.77. The third-order valence-corrected chi connectivity index (χ3v) is 5.93. The number of ether oxygens (including phenoxy) is 3. The monoisotopic (exact) mass is 530 g/mol. The molecule has 0 amide bonds. The number of carbonyl (C=O) groups is 1. The van der Waals surface area contributed by atoms with Crippen LogP contribution in [-0.2, 0) is 28.2 Å². The number of hydrogen-bond acceptors (Lipinski definition) is 6. The molecule has 0 bridgehead atoms. The van der Waals surface area contributed by atoms with E-state index >= 15 is 8.78 Å². The van der Waals surface area contributed by atoms with Crippen molar-refractivity contribution in [3.8, 4) is 11.5 Å². The number of methoxy groups -OCH3 is 1. The van der Waals surface area contributed by atoms with E-state index in [4.69, 9.17) is 14.2 Å². The fraction of sp³-hybridized carbons (Fsp3) is 0.414. The van der Waals surface area contributed by atoms with Crippen LogP contribution in [0.25, 0.3) is 0 Å². The standard InChI is InChI=1S/C29H33F3N2O4/c1-28(2,3)21(17-13-33-27(34-14-17)29(4,5)6)26(35)38-16-20-23(31)22(30)19(24(32)25(20)36-7)15-37-18-11-9-8-10-12-18/h8-14,21H,15-16H2,1-7H3. The summed E-state index contributed by atoms with van der Waals surface area (Å²) in [6, 6.07) is 8.34. The molecule has 2 aromatic carbocycles. The third-order valence-electron chi connectivity index (χ3n) is 5.93. The highest BCUT2D eigenvalue weighted by atomic mass is 19.2. The first-order valence-corrected chi connectivity index (χ1v) is 12.1. The summed E-state index contributed by atoms with van der Waals surface area (Å²) in [7, 11) is 1.12. The lowest BCUT2D eigenvalue weighted by molar-refractivity contribution is -0.149. The zero-order valence-corrected chi connectivity index (χ0v) is 22.7. The van der Waals surface area contributed by atoms with Crippen molar-refractivity contribution in [1.29, 1.82) is 0 Å². The van der Waals surface area contributed by atoms with Crippen LogP contribution in [0.3, 0.4) is 0 Å². The maximum absolute atomic E-state index is 15.2. The number of esters is 1. The molecule has 0 aliphatic rings. The number of nitrogens with zero attached hydrogens (tertiary/aromatic N) is 2. The second-order valence-electron chi connectivity index (χ2n) is 11.0. The summed E-state index contributed by atoms with van der Waals surface area (Å²) in [4.78, 5) is 22.0. The number of para-hydroxylation sites is 1. The van der Waals surface area contributed by atoms with Crippen molar-refractivity contribution in [3.05, 3.63) is 82.7 Å². The number of halogens is 3. The summed E-state index contributed by atoms with van der Waals surface area (Å²) in [5, 5.41) is 0. The van der Waals surface area contributed by atoms with Crippen LogP contribution in [0, 0.1) is 22.9 Å². The van der Waals surface area contributed by atoms with Gasteiger partial charge in [-0.3, -0.25) is 4.79 Å². The maximum Gasteiger partial charge on any atom is 0.314 e. The Balaban J connectivity index is 1.86. The van der Waals surface area contributed by atoms with Crippen molar-refractivity contribution in [3.63, 3.8) is 0 Å². The highest BCUT2D eigenvalue weighted by molar-refractivity contribution is 5.79. The van der Waals surface area contributed by atoms with Crippen molar-refractivity contribution in [2.45, 2.75) is 66.1 Å². The Bertz CT molecular complexity index is 1270. The molecule has 38 heavy (non-hydrogen) atoms. The molecule has 6 nitrogen and oxygen atoms in total. The lowest BCUT2D eigenvalue weighted by Crippen LogP contribution is -2.29. The molecule has 0 saturated heterocycles. The van der Waals surface area contributed by atoms with Crippen molar-refractivity contribution in [2.24, 2.45) is 5.41 Å². The Labute approximate surface area is 221 Å². The molecule has 1 heterocycles. The normalized spacial score (nSPS) is 12.7. The molecule has 0 aliphatic carbocycles. The summed E-state index contributed by atoms with van der Waals surface area (Å²) in [6.45, 7) is 10.1. The summed E-state index contributed by atoms with van der Waals surface area (Å²) in [6.07, 6.45) is 3.12. The highest BCUT2D eigenvalue weighted by Gasteiger charge is 2.36. The van der Waals surface area contributed by atoms with Crippen molar-refractivity contribution in [1.82, 2.24) is 9.97 Å². The van der Waals surface area contributed by atoms with Gasteiger partial charge in [0.05, 0.1) is 24.2 Å². The molecular weight excluding hydrogens is 497 g/mol. The lowest BCUT2D eigenvalue weighted by Gasteiger charge is -2.29. The van der Waals surface area contributed by atoms with Gasteiger partial charge in [-0.2, -0.15) is 0 Å². The summed E-state index contributed by atoms with van der Waals surface area (Å²) in [5.74, 6) is -5.09. The molecule has 0 aliphatic heterocycles. The van der Waals surface area contributed by atoms with Crippen LogP contribution < -0.4 is 9.47 Å². The molecule has 1 aromatic heterocycles. The molecule has 204 valence electrons.